The number of carbonyl (C=O) groups is 2. The van der Waals surface area contributed by atoms with Crippen molar-refractivity contribution < 1.29 is 19.4 Å². The molecule has 0 atom stereocenters. The van der Waals surface area contributed by atoms with E-state index in [9.17, 15) is 14.7 Å². The Morgan fingerprint density at radius 2 is 1.91 bits per heavy atom. The fraction of sp³-hybridized carbons (Fsp3) is 0.375. The zero-order valence-corrected chi connectivity index (χ0v) is 12.5. The van der Waals surface area contributed by atoms with Crippen LogP contribution in [-0.4, -0.2) is 46.7 Å². The van der Waals surface area contributed by atoms with E-state index < -0.39 is 17.3 Å². The highest BCUT2D eigenvalue weighted by molar-refractivity contribution is 5.94. The number of amides is 1. The fourth-order valence-electron chi connectivity index (χ4n) is 2.64. The third-order valence-corrected chi connectivity index (χ3v) is 4.17. The number of nitrogens with zero attached hydrogens (tertiary/aromatic N) is 2. The average molecular weight is 315 g/mol. The minimum Gasteiger partial charge on any atom is -0.481 e. The van der Waals surface area contributed by atoms with E-state index in [1.165, 1.54) is 6.20 Å². The maximum atomic E-state index is 12.3. The first kappa shape index (κ1) is 15.4. The van der Waals surface area contributed by atoms with Crippen molar-refractivity contribution in [2.45, 2.75) is 12.8 Å². The second-order valence-corrected chi connectivity index (χ2v) is 5.62. The van der Waals surface area contributed by atoms with Gasteiger partial charge in [0.25, 0.3) is 5.91 Å². The SMILES string of the molecule is O=C(NCC1(C(=O)O)CCOCC1)c1cnc2ccccc2n1. The van der Waals surface area contributed by atoms with Crippen molar-refractivity contribution in [3.8, 4) is 0 Å². The number of aliphatic carboxylic acids is 1. The third-order valence-electron chi connectivity index (χ3n) is 4.17. The molecule has 1 aromatic carbocycles. The molecule has 1 aliphatic heterocycles. The number of aromatic nitrogens is 2. The number of hydrogen-bond acceptors (Lipinski definition) is 5. The normalized spacial score (nSPS) is 16.9. The lowest BCUT2D eigenvalue weighted by Crippen LogP contribution is -2.46. The van der Waals surface area contributed by atoms with Crippen molar-refractivity contribution in [3.63, 3.8) is 0 Å². The summed E-state index contributed by atoms with van der Waals surface area (Å²) in [6, 6.07) is 7.25. The highest BCUT2D eigenvalue weighted by Crippen LogP contribution is 2.30. The van der Waals surface area contributed by atoms with Crippen LogP contribution in [0.4, 0.5) is 0 Å². The highest BCUT2D eigenvalue weighted by atomic mass is 16.5. The predicted octanol–water partition coefficient (Wildman–Crippen LogP) is 1.24. The van der Waals surface area contributed by atoms with Gasteiger partial charge in [-0.15, -0.1) is 0 Å². The number of hydrogen-bond donors (Lipinski definition) is 2. The zero-order valence-electron chi connectivity index (χ0n) is 12.5. The van der Waals surface area contributed by atoms with Gasteiger partial charge in [0, 0.05) is 19.8 Å². The van der Waals surface area contributed by atoms with Crippen molar-refractivity contribution in [3.05, 3.63) is 36.2 Å². The Balaban J connectivity index is 1.73. The molecule has 3 rings (SSSR count). The standard InChI is InChI=1S/C16H17N3O4/c20-14(13-9-17-11-3-1-2-4-12(11)19-13)18-10-16(15(21)22)5-7-23-8-6-16/h1-4,9H,5-8,10H2,(H,18,20)(H,21,22). The molecule has 0 bridgehead atoms. The molecule has 1 saturated heterocycles. The quantitative estimate of drug-likeness (QED) is 0.880. The van der Waals surface area contributed by atoms with Gasteiger partial charge in [-0.05, 0) is 25.0 Å². The molecule has 120 valence electrons. The van der Waals surface area contributed by atoms with E-state index in [0.717, 1.165) is 0 Å². The summed E-state index contributed by atoms with van der Waals surface area (Å²) in [6.45, 7) is 0.828. The van der Waals surface area contributed by atoms with Crippen molar-refractivity contribution in [2.75, 3.05) is 19.8 Å². The number of ether oxygens (including phenoxy) is 1. The molecule has 0 aliphatic carbocycles. The number of carboxylic acids is 1. The summed E-state index contributed by atoms with van der Waals surface area (Å²) >= 11 is 0. The summed E-state index contributed by atoms with van der Waals surface area (Å²) in [6.07, 6.45) is 2.16. The molecule has 1 aliphatic rings. The molecule has 0 saturated carbocycles. The molecule has 7 nitrogen and oxygen atoms in total. The van der Waals surface area contributed by atoms with Crippen LogP contribution in [0.2, 0.25) is 0 Å². The van der Waals surface area contributed by atoms with Gasteiger partial charge in [0.05, 0.1) is 22.6 Å². The maximum absolute atomic E-state index is 12.3. The van der Waals surface area contributed by atoms with Crippen LogP contribution in [0.1, 0.15) is 23.3 Å². The lowest BCUT2D eigenvalue weighted by atomic mass is 9.80. The smallest absolute Gasteiger partial charge is 0.311 e. The lowest BCUT2D eigenvalue weighted by Gasteiger charge is -2.33. The minimum absolute atomic E-state index is 0.0546. The molecule has 2 aromatic rings. The topological polar surface area (TPSA) is 101 Å². The second kappa shape index (κ2) is 6.29. The first-order valence-electron chi connectivity index (χ1n) is 7.42. The average Bonchev–Trinajstić information content (AvgIpc) is 2.60. The summed E-state index contributed by atoms with van der Waals surface area (Å²) in [4.78, 5) is 32.3. The molecule has 2 N–H and O–H groups in total. The number of para-hydroxylation sites is 2. The number of rotatable bonds is 4. The Bertz CT molecular complexity index is 741. The van der Waals surface area contributed by atoms with Crippen LogP contribution in [0.15, 0.2) is 30.5 Å². The second-order valence-electron chi connectivity index (χ2n) is 5.62. The van der Waals surface area contributed by atoms with Gasteiger partial charge in [0.2, 0.25) is 0 Å². The number of nitrogens with one attached hydrogen (secondary N) is 1. The molecule has 1 aromatic heterocycles. The van der Waals surface area contributed by atoms with Gasteiger partial charge < -0.3 is 15.2 Å². The van der Waals surface area contributed by atoms with Gasteiger partial charge in [0.15, 0.2) is 0 Å². The minimum atomic E-state index is -0.974. The van der Waals surface area contributed by atoms with Gasteiger partial charge in [-0.1, -0.05) is 12.1 Å². The Kier molecular flexibility index (Phi) is 4.20. The number of carboxylic acid groups (broad SMARTS) is 1. The Morgan fingerprint density at radius 3 is 2.61 bits per heavy atom. The van der Waals surface area contributed by atoms with E-state index in [1.807, 2.05) is 18.2 Å². The first-order chi connectivity index (χ1) is 11.1. The maximum Gasteiger partial charge on any atom is 0.311 e. The molecule has 2 heterocycles. The molecule has 0 unspecified atom stereocenters. The molecular weight excluding hydrogens is 298 g/mol. The Labute approximate surface area is 132 Å². The van der Waals surface area contributed by atoms with Crippen molar-refractivity contribution in [1.82, 2.24) is 15.3 Å². The predicted molar refractivity (Wildman–Crippen MR) is 82.0 cm³/mol. The largest absolute Gasteiger partial charge is 0.481 e. The summed E-state index contributed by atoms with van der Waals surface area (Å²) in [7, 11) is 0. The van der Waals surface area contributed by atoms with E-state index >= 15 is 0 Å². The molecular formula is C16H17N3O4. The molecule has 23 heavy (non-hydrogen) atoms. The molecule has 1 fully saturated rings. The van der Waals surface area contributed by atoms with Gasteiger partial charge in [-0.25, -0.2) is 4.98 Å². The van der Waals surface area contributed by atoms with Crippen LogP contribution in [0.3, 0.4) is 0 Å². The monoisotopic (exact) mass is 315 g/mol. The van der Waals surface area contributed by atoms with Crippen LogP contribution in [0, 0.1) is 5.41 Å². The van der Waals surface area contributed by atoms with Crippen LogP contribution in [0.5, 0.6) is 0 Å². The highest BCUT2D eigenvalue weighted by Gasteiger charge is 2.40. The van der Waals surface area contributed by atoms with E-state index in [2.05, 4.69) is 15.3 Å². The fourth-order valence-corrected chi connectivity index (χ4v) is 2.64. The van der Waals surface area contributed by atoms with E-state index in [4.69, 9.17) is 4.74 Å². The Hall–Kier alpha value is -2.54. The molecule has 1 amide bonds. The summed E-state index contributed by atoms with van der Waals surface area (Å²) in [5.74, 6) is -1.33. The van der Waals surface area contributed by atoms with Crippen LogP contribution in [-0.2, 0) is 9.53 Å². The van der Waals surface area contributed by atoms with Crippen molar-refractivity contribution >= 4 is 22.9 Å². The number of benzene rings is 1. The first-order valence-corrected chi connectivity index (χ1v) is 7.42. The third kappa shape index (κ3) is 3.14. The van der Waals surface area contributed by atoms with E-state index in [1.54, 1.807) is 6.07 Å². The zero-order chi connectivity index (χ0) is 16.3. The molecule has 0 radical (unpaired) electrons. The van der Waals surface area contributed by atoms with E-state index in [-0.39, 0.29) is 12.2 Å². The molecule has 0 spiro atoms. The van der Waals surface area contributed by atoms with Crippen molar-refractivity contribution in [1.29, 1.82) is 0 Å². The summed E-state index contributed by atoms with van der Waals surface area (Å²) in [5.41, 5.74) is 0.531. The van der Waals surface area contributed by atoms with Crippen LogP contribution < -0.4 is 5.32 Å². The van der Waals surface area contributed by atoms with Crippen LogP contribution in [0.25, 0.3) is 11.0 Å². The number of fused-ring (bicyclic) bond motifs is 1. The summed E-state index contributed by atoms with van der Waals surface area (Å²) in [5, 5.41) is 12.2. The van der Waals surface area contributed by atoms with Gasteiger partial charge in [0.1, 0.15) is 5.69 Å². The number of carbonyl (C=O) groups excluding carboxylic acids is 1. The Morgan fingerprint density at radius 1 is 1.22 bits per heavy atom. The van der Waals surface area contributed by atoms with Crippen LogP contribution >= 0.6 is 0 Å². The van der Waals surface area contributed by atoms with Gasteiger partial charge in [-0.3, -0.25) is 14.6 Å². The van der Waals surface area contributed by atoms with Gasteiger partial charge >= 0.3 is 5.97 Å². The van der Waals surface area contributed by atoms with Crippen molar-refractivity contribution in [2.24, 2.45) is 5.41 Å². The summed E-state index contributed by atoms with van der Waals surface area (Å²) < 4.78 is 5.22. The van der Waals surface area contributed by atoms with Gasteiger partial charge in [-0.2, -0.15) is 0 Å². The molecule has 7 heteroatoms. The van der Waals surface area contributed by atoms with E-state index in [0.29, 0.717) is 37.1 Å². The lowest BCUT2D eigenvalue weighted by molar-refractivity contribution is -0.154.